The number of alkyl carbamates (subject to hydrolysis) is 1. The molecule has 1 fully saturated rings. The van der Waals surface area contributed by atoms with Crippen LogP contribution in [0.15, 0.2) is 54.6 Å². The van der Waals surface area contributed by atoms with Crippen molar-refractivity contribution in [2.24, 2.45) is 0 Å². The van der Waals surface area contributed by atoms with E-state index in [1.54, 1.807) is 6.92 Å². The first-order valence-electron chi connectivity index (χ1n) is 11.0. The molecule has 0 saturated carbocycles. The van der Waals surface area contributed by atoms with Gasteiger partial charge < -0.3 is 29.4 Å². The summed E-state index contributed by atoms with van der Waals surface area (Å²) in [5.41, 5.74) is 2.57. The minimum Gasteiger partial charge on any atom is -0.464 e. The number of hydrogen-bond acceptors (Lipinski definition) is 7. The van der Waals surface area contributed by atoms with E-state index >= 15 is 0 Å². The van der Waals surface area contributed by atoms with E-state index in [1.165, 1.54) is 0 Å². The number of rotatable bonds is 7. The number of esters is 1. The SMILES string of the molecule is C=C(C)CO.C=C(C)COC1CCOC(=O)C(NC(=O)OCc2ccccc2)COC1.CC. The standard InChI is InChI=1S/C19H25NO6.C4H8O.C2H6/c1-14(2)10-25-16-8-9-24-18(21)17(13-23-12-16)20-19(22)26-11-15-6-4-3-5-7-15;1-4(2)3-5;1-2/h3-7,16-17H,1,8-13H2,2H3,(H,20,22);5H,1,3H2,2H3;1-2H3. The van der Waals surface area contributed by atoms with Gasteiger partial charge in [-0.3, -0.25) is 0 Å². The molecule has 0 spiro atoms. The Morgan fingerprint density at radius 2 is 1.79 bits per heavy atom. The van der Waals surface area contributed by atoms with Crippen molar-refractivity contribution in [2.75, 3.05) is 33.0 Å². The number of amides is 1. The highest BCUT2D eigenvalue weighted by Crippen LogP contribution is 2.07. The average Bonchev–Trinajstić information content (AvgIpc) is 2.89. The summed E-state index contributed by atoms with van der Waals surface area (Å²) < 4.78 is 21.5. The van der Waals surface area contributed by atoms with E-state index in [-0.39, 0.29) is 32.5 Å². The molecular formula is C25H39NO7. The number of nitrogens with one attached hydrogen (secondary N) is 1. The summed E-state index contributed by atoms with van der Waals surface area (Å²) in [5.74, 6) is -0.554. The largest absolute Gasteiger partial charge is 0.464 e. The van der Waals surface area contributed by atoms with E-state index < -0.39 is 18.1 Å². The van der Waals surface area contributed by atoms with Crippen molar-refractivity contribution in [3.63, 3.8) is 0 Å². The maximum absolute atomic E-state index is 12.1. The van der Waals surface area contributed by atoms with Crippen LogP contribution in [0.1, 0.15) is 39.7 Å². The summed E-state index contributed by atoms with van der Waals surface area (Å²) >= 11 is 0. The Kier molecular flexibility index (Phi) is 17.3. The molecule has 8 nitrogen and oxygen atoms in total. The smallest absolute Gasteiger partial charge is 0.408 e. The zero-order valence-electron chi connectivity index (χ0n) is 20.3. The van der Waals surface area contributed by atoms with Gasteiger partial charge in [0, 0.05) is 6.42 Å². The van der Waals surface area contributed by atoms with Crippen molar-refractivity contribution in [3.05, 3.63) is 60.2 Å². The zero-order valence-corrected chi connectivity index (χ0v) is 20.3. The second-order valence-corrected chi connectivity index (χ2v) is 7.26. The second kappa shape index (κ2) is 18.8. The molecule has 1 aromatic rings. The molecule has 1 aromatic carbocycles. The molecule has 1 aliphatic heterocycles. The van der Waals surface area contributed by atoms with E-state index in [9.17, 15) is 9.59 Å². The topological polar surface area (TPSA) is 103 Å². The second-order valence-electron chi connectivity index (χ2n) is 7.26. The molecule has 0 bridgehead atoms. The molecule has 0 radical (unpaired) electrons. The first-order valence-corrected chi connectivity index (χ1v) is 11.0. The van der Waals surface area contributed by atoms with E-state index in [0.29, 0.717) is 19.6 Å². The molecule has 2 unspecified atom stereocenters. The number of ether oxygens (including phenoxy) is 4. The lowest BCUT2D eigenvalue weighted by Crippen LogP contribution is -2.45. The van der Waals surface area contributed by atoms with Gasteiger partial charge in [0.15, 0.2) is 6.04 Å². The summed E-state index contributed by atoms with van der Waals surface area (Å²) in [6, 6.07) is 8.35. The fourth-order valence-corrected chi connectivity index (χ4v) is 2.26. The van der Waals surface area contributed by atoms with Crippen LogP contribution in [-0.2, 0) is 30.3 Å². The molecule has 1 saturated heterocycles. The molecule has 2 atom stereocenters. The van der Waals surface area contributed by atoms with E-state index in [2.05, 4.69) is 18.5 Å². The summed E-state index contributed by atoms with van der Waals surface area (Å²) in [7, 11) is 0. The Labute approximate surface area is 197 Å². The minimum absolute atomic E-state index is 0.00774. The summed E-state index contributed by atoms with van der Waals surface area (Å²) in [5, 5.41) is 10.5. The summed E-state index contributed by atoms with van der Waals surface area (Å²) in [6.07, 6.45) is -0.374. The highest BCUT2D eigenvalue weighted by molar-refractivity contribution is 5.81. The van der Waals surface area contributed by atoms with Gasteiger partial charge in [-0.25, -0.2) is 9.59 Å². The monoisotopic (exact) mass is 465 g/mol. The first kappa shape index (κ1) is 30.3. The molecule has 8 heteroatoms. The van der Waals surface area contributed by atoms with Crippen LogP contribution in [0.4, 0.5) is 4.79 Å². The number of aliphatic hydroxyl groups excluding tert-OH is 1. The minimum atomic E-state index is -0.918. The fraction of sp³-hybridized carbons (Fsp3) is 0.520. The van der Waals surface area contributed by atoms with Crippen LogP contribution in [-0.4, -0.2) is 62.3 Å². The third-order valence-corrected chi connectivity index (χ3v) is 3.90. The average molecular weight is 466 g/mol. The van der Waals surface area contributed by atoms with Crippen molar-refractivity contribution < 1.29 is 33.6 Å². The number of cyclic esters (lactones) is 1. The normalized spacial score (nSPS) is 17.8. The molecular weight excluding hydrogens is 426 g/mol. The lowest BCUT2D eigenvalue weighted by Gasteiger charge is -2.17. The Balaban J connectivity index is 0.00000129. The molecule has 0 aliphatic carbocycles. The first-order chi connectivity index (χ1) is 15.8. The molecule has 1 aliphatic rings. The number of carbonyl (C=O) groups is 2. The third kappa shape index (κ3) is 15.7. The zero-order chi connectivity index (χ0) is 25.1. The van der Waals surface area contributed by atoms with E-state index in [4.69, 9.17) is 24.1 Å². The molecule has 2 N–H and O–H groups in total. The van der Waals surface area contributed by atoms with Crippen LogP contribution in [0.5, 0.6) is 0 Å². The van der Waals surface area contributed by atoms with Gasteiger partial charge in [-0.05, 0) is 19.4 Å². The lowest BCUT2D eigenvalue weighted by atomic mass is 10.2. The molecule has 2 rings (SSSR count). The Morgan fingerprint density at radius 1 is 1.15 bits per heavy atom. The van der Waals surface area contributed by atoms with Crippen molar-refractivity contribution in [1.29, 1.82) is 0 Å². The molecule has 1 heterocycles. The predicted molar refractivity (Wildman–Crippen MR) is 128 cm³/mol. The molecule has 1 amide bonds. The quantitative estimate of drug-likeness (QED) is 0.466. The molecule has 186 valence electrons. The molecule has 0 aromatic heterocycles. The van der Waals surface area contributed by atoms with Crippen LogP contribution in [0.2, 0.25) is 0 Å². The maximum Gasteiger partial charge on any atom is 0.408 e. The lowest BCUT2D eigenvalue weighted by molar-refractivity contribution is -0.147. The fourth-order valence-electron chi connectivity index (χ4n) is 2.26. The van der Waals surface area contributed by atoms with E-state index in [0.717, 1.165) is 16.7 Å². The van der Waals surface area contributed by atoms with Crippen LogP contribution >= 0.6 is 0 Å². The highest BCUT2D eigenvalue weighted by atomic mass is 16.6. The summed E-state index contributed by atoms with van der Waals surface area (Å²) in [6.45, 7) is 16.0. The number of benzene rings is 1. The predicted octanol–water partition coefficient (Wildman–Crippen LogP) is 3.79. The van der Waals surface area contributed by atoms with Crippen LogP contribution in [0, 0.1) is 0 Å². The van der Waals surface area contributed by atoms with Crippen molar-refractivity contribution >= 4 is 12.1 Å². The van der Waals surface area contributed by atoms with Crippen LogP contribution < -0.4 is 5.32 Å². The van der Waals surface area contributed by atoms with Gasteiger partial charge in [-0.2, -0.15) is 0 Å². The van der Waals surface area contributed by atoms with Crippen LogP contribution in [0.25, 0.3) is 0 Å². The number of carbonyl (C=O) groups excluding carboxylic acids is 2. The van der Waals surface area contributed by atoms with Crippen molar-refractivity contribution in [2.45, 2.75) is 52.9 Å². The van der Waals surface area contributed by atoms with Crippen molar-refractivity contribution in [1.82, 2.24) is 5.32 Å². The van der Waals surface area contributed by atoms with Gasteiger partial charge in [0.05, 0.1) is 39.1 Å². The third-order valence-electron chi connectivity index (χ3n) is 3.90. The Hall–Kier alpha value is -2.68. The van der Waals surface area contributed by atoms with Crippen LogP contribution in [0.3, 0.4) is 0 Å². The van der Waals surface area contributed by atoms with Gasteiger partial charge >= 0.3 is 12.1 Å². The Morgan fingerprint density at radius 3 is 2.36 bits per heavy atom. The number of hydrogen-bond donors (Lipinski definition) is 2. The highest BCUT2D eigenvalue weighted by Gasteiger charge is 2.26. The van der Waals surface area contributed by atoms with Gasteiger partial charge in [0.2, 0.25) is 0 Å². The number of aliphatic hydroxyl groups is 1. The van der Waals surface area contributed by atoms with Crippen molar-refractivity contribution in [3.8, 4) is 0 Å². The van der Waals surface area contributed by atoms with Gasteiger partial charge in [0.25, 0.3) is 0 Å². The van der Waals surface area contributed by atoms with Gasteiger partial charge in [-0.15, -0.1) is 0 Å². The maximum atomic E-state index is 12.1. The molecule has 33 heavy (non-hydrogen) atoms. The Bertz CT molecular complexity index is 706. The van der Waals surface area contributed by atoms with E-state index in [1.807, 2.05) is 51.1 Å². The van der Waals surface area contributed by atoms with Gasteiger partial charge in [0.1, 0.15) is 6.61 Å². The summed E-state index contributed by atoms with van der Waals surface area (Å²) in [4.78, 5) is 24.0. The van der Waals surface area contributed by atoms with Gasteiger partial charge in [-0.1, -0.05) is 68.5 Å².